The number of aromatic amines is 1. The molecule has 60 valence electrons. The number of nitrogens with two attached hydrogens (primary N) is 1. The van der Waals surface area contributed by atoms with E-state index in [1.165, 1.54) is 11.0 Å². The van der Waals surface area contributed by atoms with E-state index in [0.717, 1.165) is 0 Å². The fourth-order valence-electron chi connectivity index (χ4n) is 0.804. The molecule has 0 aliphatic carbocycles. The van der Waals surface area contributed by atoms with E-state index >= 15 is 0 Å². The number of benzene rings is 1. The molecule has 2 heterocycles. The number of fused-ring (bicyclic) bond motifs is 2. The molecular weight excluding hydrogens is 164 g/mol. The second-order valence-electron chi connectivity index (χ2n) is 1.96. The highest BCUT2D eigenvalue weighted by Crippen LogP contribution is 2.07. The van der Waals surface area contributed by atoms with Gasteiger partial charge in [0.15, 0.2) is 0 Å². The SMILES string of the molecule is NS(=O)[O-].c1cc2ccc1[nH]2. The fourth-order valence-corrected chi connectivity index (χ4v) is 0.804. The largest absolute Gasteiger partial charge is 0.760 e. The third-order valence-electron chi connectivity index (χ3n) is 1.17. The van der Waals surface area contributed by atoms with Crippen LogP contribution in [0.15, 0.2) is 24.3 Å². The lowest BCUT2D eigenvalue weighted by Gasteiger charge is -1.85. The summed E-state index contributed by atoms with van der Waals surface area (Å²) in [5, 5.41) is 4.03. The maximum absolute atomic E-state index is 8.78. The van der Waals surface area contributed by atoms with Gasteiger partial charge in [0.2, 0.25) is 0 Å². The van der Waals surface area contributed by atoms with Gasteiger partial charge in [-0.3, -0.25) is 9.35 Å². The van der Waals surface area contributed by atoms with Gasteiger partial charge in [-0.2, -0.15) is 0 Å². The van der Waals surface area contributed by atoms with Crippen LogP contribution in [0.4, 0.5) is 0 Å². The zero-order valence-corrected chi connectivity index (χ0v) is 6.43. The first-order valence-corrected chi connectivity index (χ1v) is 4.03. The van der Waals surface area contributed by atoms with Gasteiger partial charge >= 0.3 is 0 Å². The molecule has 1 atom stereocenters. The van der Waals surface area contributed by atoms with Crippen LogP contribution in [0.2, 0.25) is 0 Å². The molecule has 0 fully saturated rings. The van der Waals surface area contributed by atoms with Gasteiger partial charge in [0, 0.05) is 22.3 Å². The number of rotatable bonds is 0. The molecule has 0 aromatic carbocycles. The Morgan fingerprint density at radius 2 is 1.55 bits per heavy atom. The summed E-state index contributed by atoms with van der Waals surface area (Å²) in [5.41, 5.74) is 2.44. The van der Waals surface area contributed by atoms with Gasteiger partial charge in [-0.15, -0.1) is 0 Å². The van der Waals surface area contributed by atoms with E-state index in [2.05, 4.69) is 34.4 Å². The van der Waals surface area contributed by atoms with Gasteiger partial charge in [-0.25, -0.2) is 0 Å². The molecule has 2 bridgehead atoms. The average molecular weight is 171 g/mol. The third-order valence-corrected chi connectivity index (χ3v) is 1.17. The lowest BCUT2D eigenvalue weighted by molar-refractivity contribution is 0.539. The molecule has 5 heteroatoms. The molecule has 0 aliphatic heterocycles. The van der Waals surface area contributed by atoms with Gasteiger partial charge < -0.3 is 9.54 Å². The third kappa shape index (κ3) is 2.67. The van der Waals surface area contributed by atoms with E-state index in [-0.39, 0.29) is 0 Å². The number of aromatic nitrogens is 1. The Morgan fingerprint density at radius 3 is 1.64 bits per heavy atom. The molecule has 3 N–H and O–H groups in total. The molecule has 0 radical (unpaired) electrons. The second kappa shape index (κ2) is 3.47. The summed E-state index contributed by atoms with van der Waals surface area (Å²) in [6.45, 7) is 0. The Morgan fingerprint density at radius 1 is 1.27 bits per heavy atom. The van der Waals surface area contributed by atoms with Crippen molar-refractivity contribution in [1.82, 2.24) is 4.98 Å². The normalized spacial score (nSPS) is 12.5. The lowest BCUT2D eigenvalue weighted by atomic mass is 10.4. The molecule has 1 unspecified atom stereocenters. The van der Waals surface area contributed by atoms with Crippen LogP contribution in [0, 0.1) is 0 Å². The zero-order valence-electron chi connectivity index (χ0n) is 5.61. The van der Waals surface area contributed by atoms with E-state index in [1.54, 1.807) is 0 Å². The quantitative estimate of drug-likeness (QED) is 0.560. The Kier molecular flexibility index (Phi) is 2.58. The molecule has 0 amide bonds. The van der Waals surface area contributed by atoms with E-state index in [0.29, 0.717) is 0 Å². The van der Waals surface area contributed by atoms with Gasteiger partial charge in [-0.05, 0) is 24.3 Å². The highest BCUT2D eigenvalue weighted by molar-refractivity contribution is 7.76. The second-order valence-corrected chi connectivity index (χ2v) is 2.48. The standard InChI is InChI=1S/C6H5N.H3NO2S/c1-2-6-4-3-5(1)7-6;1-4(2)3/h1-4,7H;1H2,(H,2,3)/p-1. The zero-order chi connectivity index (χ0) is 8.27. The van der Waals surface area contributed by atoms with Crippen LogP contribution in [0.3, 0.4) is 0 Å². The van der Waals surface area contributed by atoms with Crippen LogP contribution < -0.4 is 5.14 Å². The molecule has 0 saturated heterocycles. The van der Waals surface area contributed by atoms with E-state index in [1.807, 2.05) is 0 Å². The summed E-state index contributed by atoms with van der Waals surface area (Å²) in [5.74, 6) is 0. The monoisotopic (exact) mass is 171 g/mol. The molecule has 0 aliphatic rings. The van der Waals surface area contributed by atoms with Crippen molar-refractivity contribution in [2.24, 2.45) is 5.14 Å². The Labute approximate surface area is 66.2 Å². The van der Waals surface area contributed by atoms with Gasteiger partial charge in [0.1, 0.15) is 0 Å². The van der Waals surface area contributed by atoms with Crippen LogP contribution in [-0.2, 0) is 11.3 Å². The maximum atomic E-state index is 8.78. The summed E-state index contributed by atoms with van der Waals surface area (Å²) in [4.78, 5) is 3.14. The van der Waals surface area contributed by atoms with Crippen molar-refractivity contribution >= 4 is 22.3 Å². The molecular formula is C6H7N2O2S-. The van der Waals surface area contributed by atoms with Gasteiger partial charge in [0.25, 0.3) is 0 Å². The molecule has 2 aromatic heterocycles. The first-order chi connectivity index (χ1) is 5.18. The van der Waals surface area contributed by atoms with Crippen LogP contribution >= 0.6 is 0 Å². The first kappa shape index (κ1) is 8.19. The van der Waals surface area contributed by atoms with Crippen molar-refractivity contribution in [2.45, 2.75) is 0 Å². The fraction of sp³-hybridized carbons (Fsp3) is 0. The van der Waals surface area contributed by atoms with E-state index in [9.17, 15) is 0 Å². The molecule has 4 nitrogen and oxygen atoms in total. The smallest absolute Gasteiger partial charge is 0.0385 e. The molecule has 0 saturated carbocycles. The van der Waals surface area contributed by atoms with Crippen molar-refractivity contribution in [3.63, 3.8) is 0 Å². The Bertz CT molecular complexity index is 284. The molecule has 2 aromatic rings. The predicted molar refractivity (Wildman–Crippen MR) is 42.6 cm³/mol. The van der Waals surface area contributed by atoms with Crippen LogP contribution in [0.1, 0.15) is 0 Å². The van der Waals surface area contributed by atoms with Crippen molar-refractivity contribution < 1.29 is 8.76 Å². The lowest BCUT2D eigenvalue weighted by Crippen LogP contribution is -1.97. The minimum Gasteiger partial charge on any atom is -0.760 e. The Balaban J connectivity index is 0.000000134. The number of hydrogen-bond acceptors (Lipinski definition) is 2. The van der Waals surface area contributed by atoms with Gasteiger partial charge in [-0.1, -0.05) is 0 Å². The van der Waals surface area contributed by atoms with Crippen LogP contribution in [0.25, 0.3) is 11.0 Å². The highest BCUT2D eigenvalue weighted by Gasteiger charge is 1.87. The predicted octanol–water partition coefficient (Wildman–Crippen LogP) is 0.345. The summed E-state index contributed by atoms with van der Waals surface area (Å²) >= 11 is -2.36. The average Bonchev–Trinajstić information content (AvgIpc) is 2.45. The number of hydrogen-bond donors (Lipinski definition) is 2. The van der Waals surface area contributed by atoms with Crippen molar-refractivity contribution in [3.8, 4) is 0 Å². The molecule has 2 rings (SSSR count). The topological polar surface area (TPSA) is 81.9 Å². The minimum absolute atomic E-state index is 1.22. The van der Waals surface area contributed by atoms with Gasteiger partial charge in [0.05, 0.1) is 0 Å². The number of nitrogens with one attached hydrogen (secondary N) is 1. The summed E-state index contributed by atoms with van der Waals surface area (Å²) in [6.07, 6.45) is 0. The van der Waals surface area contributed by atoms with Crippen molar-refractivity contribution in [2.75, 3.05) is 0 Å². The summed E-state index contributed by atoms with van der Waals surface area (Å²) < 4.78 is 17.6. The van der Waals surface area contributed by atoms with E-state index in [4.69, 9.17) is 8.76 Å². The molecule has 0 spiro atoms. The summed E-state index contributed by atoms with van der Waals surface area (Å²) in [7, 11) is 0. The van der Waals surface area contributed by atoms with Crippen LogP contribution in [0.5, 0.6) is 0 Å². The summed E-state index contributed by atoms with van der Waals surface area (Å²) in [6, 6.07) is 8.26. The molecule has 11 heavy (non-hydrogen) atoms. The minimum atomic E-state index is -2.36. The maximum Gasteiger partial charge on any atom is 0.0385 e. The number of H-pyrrole nitrogens is 1. The van der Waals surface area contributed by atoms with Crippen molar-refractivity contribution in [1.29, 1.82) is 0 Å². The first-order valence-electron chi connectivity index (χ1n) is 2.89. The highest BCUT2D eigenvalue weighted by atomic mass is 32.2. The Hall–Kier alpha value is -0.910. The van der Waals surface area contributed by atoms with Crippen LogP contribution in [-0.4, -0.2) is 13.7 Å². The van der Waals surface area contributed by atoms with Crippen molar-refractivity contribution in [3.05, 3.63) is 24.3 Å². The van der Waals surface area contributed by atoms with E-state index < -0.39 is 11.3 Å².